The number of nitrogens with one attached hydrogen (secondary N) is 1. The van der Waals surface area contributed by atoms with Gasteiger partial charge in [0.2, 0.25) is 0 Å². The Bertz CT molecular complexity index is 289. The molecule has 1 heterocycles. The molecular weight excluding hydrogens is 188 g/mol. The number of benzene rings is 1. The highest BCUT2D eigenvalue weighted by atomic mass is 16.5. The average Bonchev–Trinajstić information content (AvgIpc) is 2.31. The topological polar surface area (TPSA) is 24.5 Å². The van der Waals surface area contributed by atoms with Gasteiger partial charge in [-0.2, -0.15) is 0 Å². The van der Waals surface area contributed by atoms with Crippen LogP contribution in [0.15, 0.2) is 30.3 Å². The summed E-state index contributed by atoms with van der Waals surface area (Å²) in [7, 11) is 1.94. The summed E-state index contributed by atoms with van der Waals surface area (Å²) in [6.07, 6.45) is 0.183. The van der Waals surface area contributed by atoms with E-state index in [9.17, 15) is 0 Å². The molecule has 1 fully saturated rings. The molecule has 1 aromatic rings. The van der Waals surface area contributed by atoms with E-state index in [1.165, 1.54) is 5.56 Å². The lowest BCUT2D eigenvalue weighted by molar-refractivity contribution is -0.0442. The second-order valence-corrected chi connectivity index (χ2v) is 3.87. The Morgan fingerprint density at radius 2 is 2.20 bits per heavy atom. The summed E-state index contributed by atoms with van der Waals surface area (Å²) in [6.45, 7) is 3.82. The van der Waals surface area contributed by atoms with Crippen LogP contribution < -0.4 is 5.32 Å². The number of likely N-dealkylation sites (N-methyl/N-ethyl adjacent to an activating group) is 1. The van der Waals surface area contributed by atoms with E-state index in [1.807, 2.05) is 7.05 Å². The van der Waals surface area contributed by atoms with Gasteiger partial charge in [0.15, 0.2) is 0 Å². The molecule has 0 spiro atoms. The molecule has 1 aromatic carbocycles. The molecule has 0 aliphatic carbocycles. The highest BCUT2D eigenvalue weighted by Crippen LogP contribution is 2.08. The monoisotopic (exact) mass is 206 g/mol. The van der Waals surface area contributed by atoms with Gasteiger partial charge in [0.05, 0.1) is 6.61 Å². The number of morpholine rings is 1. The van der Waals surface area contributed by atoms with Crippen molar-refractivity contribution in [2.75, 3.05) is 26.7 Å². The minimum Gasteiger partial charge on any atom is -0.361 e. The molecule has 0 saturated carbocycles. The van der Waals surface area contributed by atoms with Gasteiger partial charge < -0.3 is 4.74 Å². The van der Waals surface area contributed by atoms with Crippen molar-refractivity contribution in [2.24, 2.45) is 0 Å². The second kappa shape index (κ2) is 5.26. The Kier molecular flexibility index (Phi) is 3.72. The molecule has 0 bridgehead atoms. The maximum absolute atomic E-state index is 5.54. The molecule has 1 aliphatic heterocycles. The van der Waals surface area contributed by atoms with E-state index in [-0.39, 0.29) is 6.23 Å². The lowest BCUT2D eigenvalue weighted by Gasteiger charge is -2.32. The SMILES string of the molecule is CNC1CN(Cc2ccccc2)CCO1. The highest BCUT2D eigenvalue weighted by Gasteiger charge is 2.18. The number of hydrogen-bond donors (Lipinski definition) is 1. The maximum atomic E-state index is 5.54. The standard InChI is InChI=1S/C12H18N2O/c1-13-12-10-14(7-8-15-12)9-11-5-3-2-4-6-11/h2-6,12-13H,7-10H2,1H3. The van der Waals surface area contributed by atoms with E-state index in [0.29, 0.717) is 0 Å². The van der Waals surface area contributed by atoms with Gasteiger partial charge in [-0.05, 0) is 12.6 Å². The Hall–Kier alpha value is -0.900. The van der Waals surface area contributed by atoms with E-state index in [4.69, 9.17) is 4.74 Å². The van der Waals surface area contributed by atoms with Gasteiger partial charge in [0, 0.05) is 19.6 Å². The molecule has 3 heteroatoms. The predicted octanol–water partition coefficient (Wildman–Crippen LogP) is 1.06. The first-order valence-electron chi connectivity index (χ1n) is 5.43. The normalized spacial score (nSPS) is 22.9. The van der Waals surface area contributed by atoms with Crippen LogP contribution in [-0.4, -0.2) is 37.9 Å². The summed E-state index contributed by atoms with van der Waals surface area (Å²) in [4.78, 5) is 2.42. The molecule has 1 unspecified atom stereocenters. The number of hydrogen-bond acceptors (Lipinski definition) is 3. The summed E-state index contributed by atoms with van der Waals surface area (Å²) in [6, 6.07) is 10.6. The summed E-state index contributed by atoms with van der Waals surface area (Å²) < 4.78 is 5.54. The van der Waals surface area contributed by atoms with Crippen LogP contribution in [0.3, 0.4) is 0 Å². The Morgan fingerprint density at radius 3 is 2.93 bits per heavy atom. The van der Waals surface area contributed by atoms with Crippen molar-refractivity contribution >= 4 is 0 Å². The molecule has 15 heavy (non-hydrogen) atoms. The summed E-state index contributed by atoms with van der Waals surface area (Å²) in [5, 5.41) is 3.16. The number of ether oxygens (including phenoxy) is 1. The van der Waals surface area contributed by atoms with Crippen molar-refractivity contribution in [2.45, 2.75) is 12.8 Å². The Morgan fingerprint density at radius 1 is 1.40 bits per heavy atom. The van der Waals surface area contributed by atoms with E-state index >= 15 is 0 Å². The minimum absolute atomic E-state index is 0.183. The third-order valence-corrected chi connectivity index (χ3v) is 2.72. The van der Waals surface area contributed by atoms with Crippen molar-refractivity contribution in [3.8, 4) is 0 Å². The largest absolute Gasteiger partial charge is 0.361 e. The molecule has 82 valence electrons. The van der Waals surface area contributed by atoms with Crippen LogP contribution in [0.2, 0.25) is 0 Å². The van der Waals surface area contributed by atoms with E-state index in [1.54, 1.807) is 0 Å². The van der Waals surface area contributed by atoms with Gasteiger partial charge in [-0.15, -0.1) is 0 Å². The fourth-order valence-electron chi connectivity index (χ4n) is 1.86. The molecule has 0 amide bonds. The van der Waals surface area contributed by atoms with Crippen LogP contribution in [0.25, 0.3) is 0 Å². The molecule has 0 radical (unpaired) electrons. The van der Waals surface area contributed by atoms with Gasteiger partial charge in [-0.25, -0.2) is 0 Å². The van der Waals surface area contributed by atoms with Crippen molar-refractivity contribution in [3.63, 3.8) is 0 Å². The van der Waals surface area contributed by atoms with Crippen molar-refractivity contribution in [1.29, 1.82) is 0 Å². The smallest absolute Gasteiger partial charge is 0.120 e. The lowest BCUT2D eigenvalue weighted by Crippen LogP contribution is -2.47. The van der Waals surface area contributed by atoms with Crippen LogP contribution in [0.4, 0.5) is 0 Å². The first-order valence-corrected chi connectivity index (χ1v) is 5.43. The van der Waals surface area contributed by atoms with Crippen LogP contribution in [-0.2, 0) is 11.3 Å². The first-order chi connectivity index (χ1) is 7.38. The maximum Gasteiger partial charge on any atom is 0.120 e. The zero-order valence-electron chi connectivity index (χ0n) is 9.15. The molecule has 3 nitrogen and oxygen atoms in total. The van der Waals surface area contributed by atoms with E-state index in [0.717, 1.165) is 26.2 Å². The zero-order chi connectivity index (χ0) is 10.5. The molecular formula is C12H18N2O. The fourth-order valence-corrected chi connectivity index (χ4v) is 1.86. The van der Waals surface area contributed by atoms with Gasteiger partial charge in [-0.1, -0.05) is 30.3 Å². The number of nitrogens with zero attached hydrogens (tertiary/aromatic N) is 1. The average molecular weight is 206 g/mol. The first kappa shape index (κ1) is 10.6. The summed E-state index contributed by atoms with van der Waals surface area (Å²) in [5.41, 5.74) is 1.37. The van der Waals surface area contributed by atoms with Gasteiger partial charge >= 0.3 is 0 Å². The molecule has 1 aliphatic rings. The molecule has 1 saturated heterocycles. The lowest BCUT2D eigenvalue weighted by atomic mass is 10.2. The van der Waals surface area contributed by atoms with Crippen molar-refractivity contribution < 1.29 is 4.74 Å². The van der Waals surface area contributed by atoms with Crippen molar-refractivity contribution in [1.82, 2.24) is 10.2 Å². The van der Waals surface area contributed by atoms with E-state index < -0.39 is 0 Å². The second-order valence-electron chi connectivity index (χ2n) is 3.87. The summed E-state index contributed by atoms with van der Waals surface area (Å²) >= 11 is 0. The third-order valence-electron chi connectivity index (χ3n) is 2.72. The highest BCUT2D eigenvalue weighted by molar-refractivity contribution is 5.14. The quantitative estimate of drug-likeness (QED) is 0.800. The molecule has 1 N–H and O–H groups in total. The van der Waals surface area contributed by atoms with Crippen molar-refractivity contribution in [3.05, 3.63) is 35.9 Å². The third kappa shape index (κ3) is 3.02. The number of rotatable bonds is 3. The van der Waals surface area contributed by atoms with Crippen LogP contribution in [0, 0.1) is 0 Å². The van der Waals surface area contributed by atoms with Gasteiger partial charge in [0.25, 0.3) is 0 Å². The zero-order valence-corrected chi connectivity index (χ0v) is 9.15. The summed E-state index contributed by atoms with van der Waals surface area (Å²) in [5.74, 6) is 0. The van der Waals surface area contributed by atoms with Crippen LogP contribution in [0.5, 0.6) is 0 Å². The van der Waals surface area contributed by atoms with Gasteiger partial charge in [0.1, 0.15) is 6.23 Å². The van der Waals surface area contributed by atoms with Crippen LogP contribution >= 0.6 is 0 Å². The van der Waals surface area contributed by atoms with Crippen LogP contribution in [0.1, 0.15) is 5.56 Å². The molecule has 1 atom stereocenters. The Labute approximate surface area is 91.0 Å². The fraction of sp³-hybridized carbons (Fsp3) is 0.500. The van der Waals surface area contributed by atoms with Gasteiger partial charge in [-0.3, -0.25) is 10.2 Å². The Balaban J connectivity index is 1.89. The minimum atomic E-state index is 0.183. The van der Waals surface area contributed by atoms with E-state index in [2.05, 4.69) is 40.5 Å². The molecule has 0 aromatic heterocycles. The molecule has 2 rings (SSSR count). The predicted molar refractivity (Wildman–Crippen MR) is 60.5 cm³/mol.